The summed E-state index contributed by atoms with van der Waals surface area (Å²) in [5, 5.41) is 3.34. The van der Waals surface area contributed by atoms with Gasteiger partial charge in [0, 0.05) is 0 Å². The van der Waals surface area contributed by atoms with Crippen molar-refractivity contribution in [2.45, 2.75) is 71.8 Å². The van der Waals surface area contributed by atoms with Crippen molar-refractivity contribution in [3.8, 4) is 11.1 Å². The monoisotopic (exact) mass is 788 g/mol. The van der Waals surface area contributed by atoms with Crippen molar-refractivity contribution in [3.05, 3.63) is 141 Å². The summed E-state index contributed by atoms with van der Waals surface area (Å²) in [5.74, 6) is 2.26. The Hall–Kier alpha value is -2.59. The van der Waals surface area contributed by atoms with Crippen LogP contribution in [0.25, 0.3) is 11.1 Å². The fraction of sp³-hybridized carbons (Fsp3) is 0.349. The van der Waals surface area contributed by atoms with Crippen molar-refractivity contribution in [1.29, 1.82) is 0 Å². The molecule has 1 atom stereocenters. The zero-order valence-corrected chi connectivity index (χ0v) is 32.9. The second-order valence-electron chi connectivity index (χ2n) is 14.8. The molecule has 0 spiro atoms. The molecule has 0 aromatic heterocycles. The maximum atomic E-state index is 4.79. The minimum atomic E-state index is -2.51. The summed E-state index contributed by atoms with van der Waals surface area (Å²) in [6, 6.07) is 44.2. The first-order valence-corrected chi connectivity index (χ1v) is 29.2. The second-order valence-corrected chi connectivity index (χ2v) is 33.7. The van der Waals surface area contributed by atoms with Gasteiger partial charge in [0.25, 0.3) is 0 Å². The Morgan fingerprint density at radius 1 is 0.565 bits per heavy atom. The minimum absolute atomic E-state index is 0.447. The number of nitrogens with one attached hydrogen (secondary N) is 1. The van der Waals surface area contributed by atoms with Crippen LogP contribution in [0.1, 0.15) is 66.2 Å². The van der Waals surface area contributed by atoms with Crippen LogP contribution >= 0.6 is 0 Å². The van der Waals surface area contributed by atoms with Crippen molar-refractivity contribution in [3.63, 3.8) is 0 Å². The molecule has 4 saturated carbocycles. The molecule has 46 heavy (non-hydrogen) atoms. The number of allylic oxidation sites excluding steroid dienone is 4. The fourth-order valence-corrected chi connectivity index (χ4v) is 43.2. The molecule has 4 aromatic rings. The molecule has 0 heterocycles. The van der Waals surface area contributed by atoms with Gasteiger partial charge in [-0.05, 0) is 11.1 Å². The maximum Gasteiger partial charge on any atom is -0.0184 e. The third-order valence-corrected chi connectivity index (χ3v) is 39.5. The number of benzene rings is 4. The molecule has 235 valence electrons. The van der Waals surface area contributed by atoms with E-state index in [0.717, 1.165) is 17.8 Å². The molecule has 9 rings (SSSR count). The molecule has 4 bridgehead atoms. The smallest absolute Gasteiger partial charge is 0.0184 e. The van der Waals surface area contributed by atoms with Crippen LogP contribution in [0.2, 0.25) is 0 Å². The Balaban J connectivity index is 0.000000236. The van der Waals surface area contributed by atoms with Crippen LogP contribution in [0.15, 0.2) is 141 Å². The molecular weight excluding hydrogens is 737 g/mol. The van der Waals surface area contributed by atoms with Gasteiger partial charge in [-0.15, -0.1) is 0 Å². The molecule has 0 aliphatic heterocycles. The second kappa shape index (κ2) is 13.9. The summed E-state index contributed by atoms with van der Waals surface area (Å²) >= 11 is -2.51. The van der Waals surface area contributed by atoms with Gasteiger partial charge in [0.15, 0.2) is 0 Å². The van der Waals surface area contributed by atoms with E-state index in [1.54, 1.807) is 27.1 Å². The fourth-order valence-electron chi connectivity index (χ4n) is 9.72. The maximum absolute atomic E-state index is 4.79. The predicted octanol–water partition coefficient (Wildman–Crippen LogP) is 9.23. The van der Waals surface area contributed by atoms with Crippen LogP contribution in [0, 0.1) is 23.7 Å². The van der Waals surface area contributed by atoms with Crippen LogP contribution in [0.4, 0.5) is 0 Å². The van der Waals surface area contributed by atoms with Crippen LogP contribution in [0.5, 0.6) is 0 Å². The summed E-state index contributed by atoms with van der Waals surface area (Å²) in [6.45, 7) is 9.79. The minimum Gasteiger partial charge on any atom is -0.0622 e. The molecule has 0 saturated heterocycles. The van der Waals surface area contributed by atoms with Gasteiger partial charge in [0.1, 0.15) is 0 Å². The van der Waals surface area contributed by atoms with Gasteiger partial charge in [-0.1, -0.05) is 60.7 Å². The van der Waals surface area contributed by atoms with E-state index in [1.807, 2.05) is 15.5 Å². The predicted molar refractivity (Wildman–Crippen MR) is 195 cm³/mol. The number of hydrogen-bond donors (Lipinski definition) is 1. The van der Waals surface area contributed by atoms with E-state index in [1.165, 1.54) is 49.7 Å². The zero-order valence-electron chi connectivity index (χ0n) is 28.2. The van der Waals surface area contributed by atoms with E-state index in [-0.39, 0.29) is 0 Å². The van der Waals surface area contributed by atoms with E-state index in [4.69, 9.17) is 3.30 Å². The first kappa shape index (κ1) is 32.0. The molecule has 4 fully saturated rings. The normalized spacial score (nSPS) is 26.4. The van der Waals surface area contributed by atoms with Crippen molar-refractivity contribution in [1.82, 2.24) is 3.30 Å². The number of rotatable bonds is 7. The van der Waals surface area contributed by atoms with Gasteiger partial charge in [-0.3, -0.25) is 0 Å². The summed E-state index contributed by atoms with van der Waals surface area (Å²) in [4.78, 5) is 0. The largest absolute Gasteiger partial charge is 0.0622 e. The average molecular weight is 787 g/mol. The Kier molecular flexibility index (Phi) is 9.64. The Labute approximate surface area is 286 Å². The average Bonchev–Trinajstić information content (AvgIpc) is 3.27. The van der Waals surface area contributed by atoms with Crippen LogP contribution in [-0.2, 0) is 20.9 Å². The Morgan fingerprint density at radius 3 is 1.33 bits per heavy atom. The van der Waals surface area contributed by atoms with E-state index in [2.05, 4.69) is 137 Å². The molecule has 0 radical (unpaired) electrons. The molecular formula is C43H50HfNSi. The van der Waals surface area contributed by atoms with E-state index >= 15 is 0 Å². The first-order chi connectivity index (χ1) is 22.4. The quantitative estimate of drug-likeness (QED) is 0.184. The molecule has 0 amide bonds. The van der Waals surface area contributed by atoms with Crippen LogP contribution < -0.4 is 13.7 Å². The third-order valence-electron chi connectivity index (χ3n) is 11.8. The van der Waals surface area contributed by atoms with E-state index in [0.29, 0.717) is 11.5 Å². The molecule has 1 unspecified atom stereocenters. The molecule has 5 aliphatic rings. The molecule has 1 nitrogen and oxygen atoms in total. The molecule has 5 aliphatic carbocycles. The Morgan fingerprint density at radius 2 is 0.957 bits per heavy atom. The van der Waals surface area contributed by atoms with E-state index < -0.39 is 26.9 Å². The topological polar surface area (TPSA) is 12.0 Å². The van der Waals surface area contributed by atoms with Gasteiger partial charge < -0.3 is 0 Å². The Bertz CT molecular complexity index is 1570. The SMILES string of the molecule is CC1=C(C)C(C)[C]([Hf]([NH]C23CC4CC(CC(C4)C2)C3)[SiH](c2ccccc2)c2ccccc2)=C1C.c1ccc(-c2ccccc2)cc1. The number of hydrogen-bond acceptors (Lipinski definition) is 1. The summed E-state index contributed by atoms with van der Waals surface area (Å²) in [7, 11) is 0. The zero-order chi connectivity index (χ0) is 31.7. The van der Waals surface area contributed by atoms with Crippen molar-refractivity contribution in [2.75, 3.05) is 0 Å². The first-order valence-electron chi connectivity index (χ1n) is 17.6. The van der Waals surface area contributed by atoms with Crippen molar-refractivity contribution >= 4 is 16.4 Å². The molecule has 3 heteroatoms. The van der Waals surface area contributed by atoms with E-state index in [9.17, 15) is 0 Å². The van der Waals surface area contributed by atoms with Crippen LogP contribution in [-0.4, -0.2) is 11.5 Å². The molecule has 4 aromatic carbocycles. The van der Waals surface area contributed by atoms with Crippen molar-refractivity contribution in [2.24, 2.45) is 23.7 Å². The van der Waals surface area contributed by atoms with Gasteiger partial charge in [0.2, 0.25) is 0 Å². The third kappa shape index (κ3) is 6.57. The van der Waals surface area contributed by atoms with Crippen molar-refractivity contribution < 1.29 is 20.9 Å². The van der Waals surface area contributed by atoms with Crippen LogP contribution in [0.3, 0.4) is 0 Å². The summed E-state index contributed by atoms with van der Waals surface area (Å²) < 4.78 is 6.71. The summed E-state index contributed by atoms with van der Waals surface area (Å²) in [5.41, 5.74) is 7.88. The van der Waals surface area contributed by atoms with Gasteiger partial charge in [-0.2, -0.15) is 0 Å². The molecule has 1 N–H and O–H groups in total. The van der Waals surface area contributed by atoms with Gasteiger partial charge in [0.05, 0.1) is 0 Å². The van der Waals surface area contributed by atoms with Gasteiger partial charge in [-0.25, -0.2) is 0 Å². The standard InChI is InChI=1S/C12H11Si.C12H10.C10H16N.C9H13.Hf/c1-3-7-11(8-4-1)13-12-9-5-2-6-10-12;1-3-7-11(8-4-1)12-9-5-2-6-10-12;11-10-4-7-1-8(5-10)3-9(2-7)6-10;1-6-5-7(2)9(4)8(6)3;/h1-10,13H;1-10H;7-9,11H,1-6H2;6H,1-4H3;/q;;-1;;+1. The summed E-state index contributed by atoms with van der Waals surface area (Å²) in [6.07, 6.45) is 8.96. The van der Waals surface area contributed by atoms with Gasteiger partial charge >= 0.3 is 217 Å².